The monoisotopic (exact) mass is 449 g/mol. The molecule has 0 spiro atoms. The van der Waals surface area contributed by atoms with E-state index in [9.17, 15) is 19.2 Å². The van der Waals surface area contributed by atoms with Gasteiger partial charge in [0.25, 0.3) is 5.56 Å². The van der Waals surface area contributed by atoms with Crippen LogP contribution in [-0.4, -0.2) is 27.2 Å². The SMILES string of the molecule is O=C(Cc1ccc(C(=O)O)cc1)Cn1cc2c(cc1=O)-c1cc(Cl)ccc1CCCC2=O. The molecule has 0 unspecified atom stereocenters. The van der Waals surface area contributed by atoms with E-state index in [0.717, 1.165) is 17.5 Å². The van der Waals surface area contributed by atoms with Crippen molar-refractivity contribution in [2.75, 3.05) is 0 Å². The largest absolute Gasteiger partial charge is 0.478 e. The Labute approximate surface area is 189 Å². The summed E-state index contributed by atoms with van der Waals surface area (Å²) in [6, 6.07) is 12.9. The Morgan fingerprint density at radius 2 is 1.69 bits per heavy atom. The summed E-state index contributed by atoms with van der Waals surface area (Å²) in [5, 5.41) is 9.50. The standard InChI is InChI=1S/C25H20ClNO5/c26-18-9-8-16-2-1-3-23(29)22-14-27(24(30)12-21(22)20(16)11-18)13-19(28)10-15-4-6-17(7-5-15)25(31)32/h4-9,11-12,14H,1-3,10,13H2,(H,31,32). The lowest BCUT2D eigenvalue weighted by atomic mass is 9.88. The average Bonchev–Trinajstić information content (AvgIpc) is 2.75. The van der Waals surface area contributed by atoms with Crippen LogP contribution in [0.5, 0.6) is 0 Å². The van der Waals surface area contributed by atoms with E-state index in [4.69, 9.17) is 16.7 Å². The van der Waals surface area contributed by atoms with Gasteiger partial charge in [0.2, 0.25) is 0 Å². The Morgan fingerprint density at radius 1 is 0.938 bits per heavy atom. The fourth-order valence-electron chi connectivity index (χ4n) is 3.97. The van der Waals surface area contributed by atoms with Crippen molar-refractivity contribution in [2.45, 2.75) is 32.2 Å². The number of benzene rings is 2. The molecule has 1 N–H and O–H groups in total. The molecule has 1 aliphatic carbocycles. The molecule has 162 valence electrons. The smallest absolute Gasteiger partial charge is 0.335 e. The van der Waals surface area contributed by atoms with E-state index in [1.54, 1.807) is 24.3 Å². The Balaban J connectivity index is 1.64. The molecule has 7 heteroatoms. The van der Waals surface area contributed by atoms with Gasteiger partial charge in [0.05, 0.1) is 12.1 Å². The van der Waals surface area contributed by atoms with Gasteiger partial charge in [-0.15, -0.1) is 0 Å². The van der Waals surface area contributed by atoms with Crippen LogP contribution in [0, 0.1) is 0 Å². The van der Waals surface area contributed by atoms with Crippen molar-refractivity contribution in [3.05, 3.63) is 92.4 Å². The normalized spacial score (nSPS) is 13.0. The van der Waals surface area contributed by atoms with Crippen molar-refractivity contribution in [1.29, 1.82) is 0 Å². The summed E-state index contributed by atoms with van der Waals surface area (Å²) in [4.78, 5) is 49.1. The van der Waals surface area contributed by atoms with Crippen LogP contribution >= 0.6 is 11.6 Å². The number of hydrogen-bond acceptors (Lipinski definition) is 4. The number of pyridine rings is 1. The number of halogens is 1. The zero-order valence-corrected chi connectivity index (χ0v) is 17.9. The highest BCUT2D eigenvalue weighted by atomic mass is 35.5. The minimum Gasteiger partial charge on any atom is -0.478 e. The molecule has 0 aliphatic heterocycles. The van der Waals surface area contributed by atoms with Crippen LogP contribution in [0.15, 0.2) is 59.5 Å². The van der Waals surface area contributed by atoms with E-state index >= 15 is 0 Å². The molecule has 0 saturated carbocycles. The second-order valence-corrected chi connectivity index (χ2v) is 8.30. The number of carbonyl (C=O) groups excluding carboxylic acids is 2. The Morgan fingerprint density at radius 3 is 2.41 bits per heavy atom. The molecule has 3 aromatic rings. The van der Waals surface area contributed by atoms with Crippen molar-refractivity contribution < 1.29 is 19.5 Å². The van der Waals surface area contributed by atoms with Gasteiger partial charge in [-0.05, 0) is 59.4 Å². The molecule has 6 nitrogen and oxygen atoms in total. The quantitative estimate of drug-likeness (QED) is 0.630. The molecule has 0 bridgehead atoms. The van der Waals surface area contributed by atoms with Gasteiger partial charge in [-0.3, -0.25) is 14.4 Å². The van der Waals surface area contributed by atoms with Crippen molar-refractivity contribution >= 4 is 29.1 Å². The number of nitrogens with zero attached hydrogens (tertiary/aromatic N) is 1. The van der Waals surface area contributed by atoms with Crippen LogP contribution in [0.25, 0.3) is 11.1 Å². The highest BCUT2D eigenvalue weighted by Crippen LogP contribution is 2.32. The first-order valence-electron chi connectivity index (χ1n) is 10.2. The van der Waals surface area contributed by atoms with Gasteiger partial charge in [0, 0.05) is 35.7 Å². The third kappa shape index (κ3) is 4.55. The maximum atomic E-state index is 12.8. The first-order valence-corrected chi connectivity index (χ1v) is 10.6. The fraction of sp³-hybridized carbons (Fsp3) is 0.200. The second-order valence-electron chi connectivity index (χ2n) is 7.86. The zero-order chi connectivity index (χ0) is 22.8. The third-order valence-electron chi connectivity index (χ3n) is 5.59. The number of Topliss-reactive ketones (excluding diaryl/α,β-unsaturated/α-hetero) is 2. The first-order chi connectivity index (χ1) is 15.3. The molecule has 0 radical (unpaired) electrons. The van der Waals surface area contributed by atoms with Gasteiger partial charge in [-0.1, -0.05) is 29.8 Å². The number of aryl methyl sites for hydroxylation is 1. The Bertz CT molecular complexity index is 1290. The maximum Gasteiger partial charge on any atom is 0.335 e. The molecule has 1 heterocycles. The van der Waals surface area contributed by atoms with Gasteiger partial charge in [0.1, 0.15) is 0 Å². The first kappa shape index (κ1) is 21.7. The van der Waals surface area contributed by atoms with E-state index in [0.29, 0.717) is 34.6 Å². The molecule has 32 heavy (non-hydrogen) atoms. The van der Waals surface area contributed by atoms with Crippen molar-refractivity contribution in [3.63, 3.8) is 0 Å². The van der Waals surface area contributed by atoms with Gasteiger partial charge in [-0.2, -0.15) is 0 Å². The molecule has 1 aromatic heterocycles. The van der Waals surface area contributed by atoms with Crippen molar-refractivity contribution in [3.8, 4) is 11.1 Å². The molecular formula is C25H20ClNO5. The van der Waals surface area contributed by atoms with E-state index in [1.165, 1.54) is 29.0 Å². The number of aromatic carboxylic acids is 1. The maximum absolute atomic E-state index is 12.8. The molecular weight excluding hydrogens is 430 g/mol. The number of carbonyl (C=O) groups is 3. The number of hydrogen-bond donors (Lipinski definition) is 1. The van der Waals surface area contributed by atoms with Crippen LogP contribution in [0.3, 0.4) is 0 Å². The summed E-state index contributed by atoms with van der Waals surface area (Å²) < 4.78 is 1.26. The minimum absolute atomic E-state index is 0.0514. The molecule has 2 aromatic carbocycles. The number of carboxylic acid groups (broad SMARTS) is 1. The highest BCUT2D eigenvalue weighted by molar-refractivity contribution is 6.31. The molecule has 0 atom stereocenters. The number of aromatic nitrogens is 1. The summed E-state index contributed by atoms with van der Waals surface area (Å²) in [5.74, 6) is -1.34. The number of ketones is 2. The molecule has 4 rings (SSSR count). The third-order valence-corrected chi connectivity index (χ3v) is 5.82. The van der Waals surface area contributed by atoms with E-state index in [-0.39, 0.29) is 35.7 Å². The van der Waals surface area contributed by atoms with Gasteiger partial charge >= 0.3 is 5.97 Å². The summed E-state index contributed by atoms with van der Waals surface area (Å²) >= 11 is 6.17. The van der Waals surface area contributed by atoms with Gasteiger partial charge in [-0.25, -0.2) is 4.79 Å². The highest BCUT2D eigenvalue weighted by Gasteiger charge is 2.21. The predicted molar refractivity (Wildman–Crippen MR) is 121 cm³/mol. The second kappa shape index (κ2) is 8.93. The van der Waals surface area contributed by atoms with Gasteiger partial charge < -0.3 is 9.67 Å². The van der Waals surface area contributed by atoms with Crippen molar-refractivity contribution in [1.82, 2.24) is 4.57 Å². The lowest BCUT2D eigenvalue weighted by Crippen LogP contribution is -2.26. The van der Waals surface area contributed by atoms with E-state index < -0.39 is 5.97 Å². The Hall–Kier alpha value is -3.51. The fourth-order valence-corrected chi connectivity index (χ4v) is 4.14. The summed E-state index contributed by atoms with van der Waals surface area (Å²) in [5.41, 5.74) is 3.17. The van der Waals surface area contributed by atoms with Crippen LogP contribution in [0.4, 0.5) is 0 Å². The van der Waals surface area contributed by atoms with Gasteiger partial charge in [0.15, 0.2) is 11.6 Å². The average molecular weight is 450 g/mol. The number of rotatable bonds is 5. The predicted octanol–water partition coefficient (Wildman–Crippen LogP) is 4.20. The Kier molecular flexibility index (Phi) is 6.06. The van der Waals surface area contributed by atoms with Crippen LogP contribution in [-0.2, 0) is 24.2 Å². The lowest BCUT2D eigenvalue weighted by Gasteiger charge is -2.18. The molecule has 1 aliphatic rings. The number of fused-ring (bicyclic) bond motifs is 3. The van der Waals surface area contributed by atoms with Crippen LogP contribution in [0.1, 0.15) is 44.7 Å². The summed E-state index contributed by atoms with van der Waals surface area (Å²) in [7, 11) is 0. The minimum atomic E-state index is -1.04. The van der Waals surface area contributed by atoms with Crippen molar-refractivity contribution in [2.24, 2.45) is 0 Å². The van der Waals surface area contributed by atoms with Crippen LogP contribution < -0.4 is 5.56 Å². The lowest BCUT2D eigenvalue weighted by molar-refractivity contribution is -0.119. The van der Waals surface area contributed by atoms with E-state index in [2.05, 4.69) is 0 Å². The zero-order valence-electron chi connectivity index (χ0n) is 17.1. The number of carboxylic acids is 1. The van der Waals surface area contributed by atoms with E-state index in [1.807, 2.05) is 6.07 Å². The molecule has 0 saturated heterocycles. The summed E-state index contributed by atoms with van der Waals surface area (Å²) in [6.45, 7) is -0.178. The molecule has 0 fully saturated rings. The topological polar surface area (TPSA) is 93.4 Å². The summed E-state index contributed by atoms with van der Waals surface area (Å²) in [6.07, 6.45) is 3.30. The van der Waals surface area contributed by atoms with Crippen LogP contribution in [0.2, 0.25) is 5.02 Å². The molecule has 0 amide bonds.